The highest BCUT2D eigenvalue weighted by molar-refractivity contribution is 5.72. The number of hydrogen-bond acceptors (Lipinski definition) is 8. The van der Waals surface area contributed by atoms with Gasteiger partial charge in [-0.2, -0.15) is 4.98 Å². The normalized spacial score (nSPS) is 22.8. The summed E-state index contributed by atoms with van der Waals surface area (Å²) in [5.41, 5.74) is 3.36. The molecule has 0 saturated carbocycles. The molecule has 230 valence electrons. The minimum Gasteiger partial charge on any atom is -0.394 e. The van der Waals surface area contributed by atoms with Crippen LogP contribution in [0.3, 0.4) is 0 Å². The zero-order valence-corrected chi connectivity index (χ0v) is 24.8. The lowest BCUT2D eigenvalue weighted by Gasteiger charge is -2.21. The van der Waals surface area contributed by atoms with Gasteiger partial charge in [0.05, 0.1) is 19.3 Å². The molecule has 11 nitrogen and oxygen atoms in total. The van der Waals surface area contributed by atoms with Crippen LogP contribution >= 0.6 is 0 Å². The van der Waals surface area contributed by atoms with Gasteiger partial charge in [0, 0.05) is 25.2 Å². The van der Waals surface area contributed by atoms with Crippen LogP contribution in [0, 0.1) is 0 Å². The average Bonchev–Trinajstić information content (AvgIpc) is 3.79. The Kier molecular flexibility index (Phi) is 8.23. The van der Waals surface area contributed by atoms with Crippen LogP contribution in [0.1, 0.15) is 36.1 Å². The number of imidazole rings is 1. The van der Waals surface area contributed by atoms with Crippen LogP contribution in [0.2, 0.25) is 0 Å². The third kappa shape index (κ3) is 5.78. The predicted octanol–water partition coefficient (Wildman–Crippen LogP) is 4.35. The van der Waals surface area contributed by atoms with Crippen molar-refractivity contribution in [3.8, 4) is 0 Å². The van der Waals surface area contributed by atoms with E-state index in [1.165, 1.54) is 10.9 Å². The SMILES string of the molecule is CCn1c(/N=C/N(Cc2ccccc2)Cc2ccccc2)nc2c(ncn2[C@@H]2O[C@H](CO)[C@H]3OC(c4ccccc4)O[C@H]32)c1=O. The summed E-state index contributed by atoms with van der Waals surface area (Å²) in [6, 6.07) is 29.9. The third-order valence-electron chi connectivity index (χ3n) is 8.15. The average molecular weight is 607 g/mol. The minimum atomic E-state index is -0.722. The van der Waals surface area contributed by atoms with Gasteiger partial charge in [0.1, 0.15) is 18.3 Å². The van der Waals surface area contributed by atoms with Crippen LogP contribution in [0.25, 0.3) is 11.2 Å². The van der Waals surface area contributed by atoms with Gasteiger partial charge in [-0.05, 0) is 18.1 Å². The molecule has 0 aliphatic carbocycles. The number of nitrogens with zero attached hydrogens (tertiary/aromatic N) is 6. The van der Waals surface area contributed by atoms with Crippen molar-refractivity contribution >= 4 is 23.5 Å². The zero-order valence-electron chi connectivity index (χ0n) is 24.8. The second kappa shape index (κ2) is 12.7. The number of fused-ring (bicyclic) bond motifs is 2. The van der Waals surface area contributed by atoms with E-state index in [2.05, 4.69) is 34.1 Å². The van der Waals surface area contributed by atoms with Crippen molar-refractivity contribution in [2.24, 2.45) is 4.99 Å². The fraction of sp³-hybridized carbons (Fsp3) is 0.294. The topological polar surface area (TPSA) is 116 Å². The summed E-state index contributed by atoms with van der Waals surface area (Å²) in [4.78, 5) is 29.7. The number of aromatic nitrogens is 4. The lowest BCUT2D eigenvalue weighted by molar-refractivity contribution is -0.153. The fourth-order valence-electron chi connectivity index (χ4n) is 5.94. The van der Waals surface area contributed by atoms with Gasteiger partial charge in [0.25, 0.3) is 5.56 Å². The van der Waals surface area contributed by atoms with Gasteiger partial charge < -0.3 is 24.2 Å². The fourth-order valence-corrected chi connectivity index (χ4v) is 5.94. The molecule has 2 saturated heterocycles. The lowest BCUT2D eigenvalue weighted by atomic mass is 10.1. The molecule has 7 rings (SSSR count). The lowest BCUT2D eigenvalue weighted by Crippen LogP contribution is -2.30. The summed E-state index contributed by atoms with van der Waals surface area (Å²) in [7, 11) is 0. The molecule has 4 heterocycles. The third-order valence-corrected chi connectivity index (χ3v) is 8.15. The Morgan fingerprint density at radius 1 is 0.889 bits per heavy atom. The van der Waals surface area contributed by atoms with E-state index >= 15 is 0 Å². The first-order valence-corrected chi connectivity index (χ1v) is 15.1. The first kappa shape index (κ1) is 29.1. The van der Waals surface area contributed by atoms with Crippen molar-refractivity contribution in [2.75, 3.05) is 6.61 Å². The second-order valence-electron chi connectivity index (χ2n) is 11.1. The van der Waals surface area contributed by atoms with E-state index in [9.17, 15) is 9.90 Å². The highest BCUT2D eigenvalue weighted by atomic mass is 16.8. The summed E-state index contributed by atoms with van der Waals surface area (Å²) in [6.45, 7) is 3.24. The van der Waals surface area contributed by atoms with Crippen molar-refractivity contribution in [1.82, 2.24) is 24.0 Å². The number of aliphatic hydroxyl groups is 1. The van der Waals surface area contributed by atoms with Crippen LogP contribution in [-0.2, 0) is 33.8 Å². The van der Waals surface area contributed by atoms with Crippen molar-refractivity contribution in [3.63, 3.8) is 0 Å². The minimum absolute atomic E-state index is 0.201. The summed E-state index contributed by atoms with van der Waals surface area (Å²) in [6.07, 6.45) is 0.249. The molecule has 5 aromatic rings. The van der Waals surface area contributed by atoms with Crippen LogP contribution in [0.5, 0.6) is 0 Å². The maximum Gasteiger partial charge on any atom is 0.283 e. The largest absolute Gasteiger partial charge is 0.394 e. The van der Waals surface area contributed by atoms with Gasteiger partial charge >= 0.3 is 0 Å². The summed E-state index contributed by atoms with van der Waals surface area (Å²) >= 11 is 0. The Hall–Kier alpha value is -4.68. The summed E-state index contributed by atoms with van der Waals surface area (Å²) < 4.78 is 21.9. The van der Waals surface area contributed by atoms with E-state index in [1.54, 1.807) is 10.9 Å². The second-order valence-corrected chi connectivity index (χ2v) is 11.1. The van der Waals surface area contributed by atoms with Crippen molar-refractivity contribution in [1.29, 1.82) is 0 Å². The van der Waals surface area contributed by atoms with Crippen LogP contribution in [0.15, 0.2) is 107 Å². The summed E-state index contributed by atoms with van der Waals surface area (Å²) in [5, 5.41) is 10.1. The maximum atomic E-state index is 13.6. The van der Waals surface area contributed by atoms with E-state index in [-0.39, 0.29) is 23.6 Å². The molecule has 5 atom stereocenters. The molecule has 11 heteroatoms. The number of benzene rings is 3. The van der Waals surface area contributed by atoms with E-state index in [0.29, 0.717) is 25.3 Å². The Morgan fingerprint density at radius 3 is 2.13 bits per heavy atom. The number of rotatable bonds is 10. The van der Waals surface area contributed by atoms with Crippen LogP contribution in [-0.4, -0.2) is 60.4 Å². The molecule has 0 radical (unpaired) electrons. The molecule has 1 N–H and O–H groups in total. The van der Waals surface area contributed by atoms with E-state index in [4.69, 9.17) is 24.2 Å². The molecular weight excluding hydrogens is 572 g/mol. The molecule has 1 unspecified atom stereocenters. The Labute approximate surface area is 260 Å². The van der Waals surface area contributed by atoms with Crippen LogP contribution in [0.4, 0.5) is 5.95 Å². The number of ether oxygens (including phenoxy) is 3. The van der Waals surface area contributed by atoms with Crippen molar-refractivity contribution in [3.05, 3.63) is 124 Å². The van der Waals surface area contributed by atoms with Gasteiger partial charge in [-0.3, -0.25) is 13.9 Å². The molecule has 0 amide bonds. The molecule has 0 bridgehead atoms. The zero-order chi connectivity index (χ0) is 30.8. The van der Waals surface area contributed by atoms with Crippen LogP contribution < -0.4 is 5.56 Å². The Morgan fingerprint density at radius 2 is 1.51 bits per heavy atom. The monoisotopic (exact) mass is 606 g/mol. The number of aliphatic hydroxyl groups excluding tert-OH is 1. The Bertz CT molecular complexity index is 1790. The molecule has 2 aliphatic heterocycles. The van der Waals surface area contributed by atoms with Gasteiger partial charge in [0.2, 0.25) is 5.95 Å². The number of hydrogen-bond donors (Lipinski definition) is 1. The summed E-state index contributed by atoms with van der Waals surface area (Å²) in [5.74, 6) is 0.252. The smallest absolute Gasteiger partial charge is 0.283 e. The number of aliphatic imine (C=N–C) groups is 1. The molecular formula is C34H34N6O5. The van der Waals surface area contributed by atoms with Gasteiger partial charge in [0.15, 0.2) is 23.7 Å². The van der Waals surface area contributed by atoms with Gasteiger partial charge in [-0.1, -0.05) is 91.0 Å². The molecule has 45 heavy (non-hydrogen) atoms. The standard InChI is InChI=1S/C34H34N6O5/c1-2-39-31(42)27-30(37-34(39)36-21-38(18-23-12-6-3-7-13-23)19-24-14-8-4-9-15-24)40(22-35-27)32-29-28(26(20-41)43-32)44-33(45-29)25-16-10-5-11-17-25/h3-17,21-22,26,28-29,32-33,41H,2,18-20H2,1H3/b36-21+/t26-,28-,29-,32-,33?/m1/s1. The highest BCUT2D eigenvalue weighted by Crippen LogP contribution is 2.44. The molecule has 2 aromatic heterocycles. The molecule has 2 aliphatic rings. The maximum absolute atomic E-state index is 13.6. The van der Waals surface area contributed by atoms with Gasteiger partial charge in [-0.15, -0.1) is 0 Å². The van der Waals surface area contributed by atoms with Gasteiger partial charge in [-0.25, -0.2) is 9.98 Å². The van der Waals surface area contributed by atoms with E-state index < -0.39 is 30.8 Å². The van der Waals surface area contributed by atoms with E-state index in [1.807, 2.05) is 73.7 Å². The molecule has 3 aromatic carbocycles. The van der Waals surface area contributed by atoms with E-state index in [0.717, 1.165) is 16.7 Å². The van der Waals surface area contributed by atoms with Crippen molar-refractivity contribution in [2.45, 2.75) is 57.4 Å². The molecule has 0 spiro atoms. The Balaban J connectivity index is 1.23. The highest BCUT2D eigenvalue weighted by Gasteiger charge is 2.53. The van der Waals surface area contributed by atoms with Crippen molar-refractivity contribution < 1.29 is 19.3 Å². The molecule has 2 fully saturated rings. The first-order chi connectivity index (χ1) is 22.1. The quantitative estimate of drug-likeness (QED) is 0.184. The first-order valence-electron chi connectivity index (χ1n) is 15.1. The predicted molar refractivity (Wildman–Crippen MR) is 168 cm³/mol.